The molecule has 0 bridgehead atoms. The topological polar surface area (TPSA) is 67.2 Å². The number of fused-ring (bicyclic) bond motifs is 1. The summed E-state index contributed by atoms with van der Waals surface area (Å²) in [4.78, 5) is 32.0. The molecule has 3 rings (SSSR count). The molecule has 26 heavy (non-hydrogen) atoms. The molecule has 0 spiro atoms. The second-order valence-electron chi connectivity index (χ2n) is 7.06. The summed E-state index contributed by atoms with van der Waals surface area (Å²) >= 11 is 0. The number of nitrogens with one attached hydrogen (secondary N) is 1. The van der Waals surface area contributed by atoms with Crippen molar-refractivity contribution in [2.75, 3.05) is 18.0 Å². The lowest BCUT2D eigenvalue weighted by Crippen LogP contribution is -2.38. The van der Waals surface area contributed by atoms with E-state index in [1.54, 1.807) is 4.57 Å². The molecule has 1 aromatic carbocycles. The zero-order chi connectivity index (χ0) is 18.5. The van der Waals surface area contributed by atoms with E-state index in [1.165, 1.54) is 6.42 Å². The molecule has 2 aromatic rings. The van der Waals surface area contributed by atoms with Gasteiger partial charge >= 0.3 is 0 Å². The van der Waals surface area contributed by atoms with Crippen LogP contribution in [0.4, 0.5) is 5.82 Å². The van der Waals surface area contributed by atoms with Crippen LogP contribution in [0.5, 0.6) is 0 Å². The van der Waals surface area contributed by atoms with Crippen LogP contribution < -0.4 is 15.8 Å². The molecule has 1 fully saturated rings. The monoisotopic (exact) mass is 356 g/mol. The molecule has 6 heteroatoms. The van der Waals surface area contributed by atoms with Crippen LogP contribution in [0.25, 0.3) is 11.0 Å². The smallest absolute Gasteiger partial charge is 0.294 e. The van der Waals surface area contributed by atoms with E-state index in [0.29, 0.717) is 12.4 Å². The zero-order valence-corrected chi connectivity index (χ0v) is 15.7. The minimum atomic E-state index is -0.0954. The van der Waals surface area contributed by atoms with Crippen LogP contribution in [0.15, 0.2) is 29.1 Å². The van der Waals surface area contributed by atoms with Gasteiger partial charge in [-0.05, 0) is 44.7 Å². The van der Waals surface area contributed by atoms with Crippen LogP contribution in [0.2, 0.25) is 0 Å². The summed E-state index contributed by atoms with van der Waals surface area (Å²) in [6.07, 6.45) is 4.56. The molecule has 2 heterocycles. The van der Waals surface area contributed by atoms with Gasteiger partial charge in [0.1, 0.15) is 0 Å². The van der Waals surface area contributed by atoms with Crippen molar-refractivity contribution in [3.05, 3.63) is 34.6 Å². The SMILES string of the molecule is CCC(C)NC(=O)CCn1c(=O)c(N2CCCCC2)nc2ccccc21. The van der Waals surface area contributed by atoms with Crippen LogP contribution in [0.1, 0.15) is 46.0 Å². The van der Waals surface area contributed by atoms with Crippen LogP contribution in [-0.4, -0.2) is 34.6 Å². The molecule has 0 saturated carbocycles. The third-order valence-electron chi connectivity index (χ3n) is 5.07. The lowest BCUT2D eigenvalue weighted by molar-refractivity contribution is -0.121. The number of nitrogens with zero attached hydrogens (tertiary/aromatic N) is 3. The van der Waals surface area contributed by atoms with Crippen molar-refractivity contribution in [3.63, 3.8) is 0 Å². The Morgan fingerprint density at radius 1 is 1.23 bits per heavy atom. The molecule has 140 valence electrons. The van der Waals surface area contributed by atoms with Gasteiger partial charge in [-0.3, -0.25) is 9.59 Å². The molecule has 1 saturated heterocycles. The first-order chi connectivity index (χ1) is 12.6. The van der Waals surface area contributed by atoms with Crippen LogP contribution >= 0.6 is 0 Å². The Morgan fingerprint density at radius 2 is 1.96 bits per heavy atom. The van der Waals surface area contributed by atoms with Crippen LogP contribution in [0, 0.1) is 0 Å². The van der Waals surface area contributed by atoms with E-state index in [2.05, 4.69) is 15.2 Å². The number of hydrogen-bond donors (Lipinski definition) is 1. The molecule has 1 atom stereocenters. The summed E-state index contributed by atoms with van der Waals surface area (Å²) in [6, 6.07) is 7.81. The van der Waals surface area contributed by atoms with Crippen molar-refractivity contribution in [2.24, 2.45) is 0 Å². The molecular formula is C20H28N4O2. The van der Waals surface area contributed by atoms with Gasteiger partial charge in [-0.25, -0.2) is 4.98 Å². The highest BCUT2D eigenvalue weighted by molar-refractivity contribution is 5.78. The highest BCUT2D eigenvalue weighted by Gasteiger charge is 2.19. The number of hydrogen-bond acceptors (Lipinski definition) is 4. The van der Waals surface area contributed by atoms with Crippen molar-refractivity contribution >= 4 is 22.8 Å². The van der Waals surface area contributed by atoms with Gasteiger partial charge in [0, 0.05) is 32.1 Å². The quantitative estimate of drug-likeness (QED) is 0.864. The summed E-state index contributed by atoms with van der Waals surface area (Å²) in [5.41, 5.74) is 1.49. The predicted molar refractivity (Wildman–Crippen MR) is 105 cm³/mol. The van der Waals surface area contributed by atoms with E-state index in [9.17, 15) is 9.59 Å². The summed E-state index contributed by atoms with van der Waals surface area (Å²) in [5, 5.41) is 2.96. The standard InChI is InChI=1S/C20H28N4O2/c1-3-15(2)21-18(25)11-14-24-17-10-6-5-9-16(17)22-19(20(24)26)23-12-7-4-8-13-23/h5-6,9-10,15H,3-4,7-8,11-14H2,1-2H3,(H,21,25). The molecule has 1 aromatic heterocycles. The Labute approximate surface area is 154 Å². The highest BCUT2D eigenvalue weighted by Crippen LogP contribution is 2.18. The molecular weight excluding hydrogens is 328 g/mol. The summed E-state index contributed by atoms with van der Waals surface area (Å²) < 4.78 is 1.71. The van der Waals surface area contributed by atoms with E-state index in [-0.39, 0.29) is 23.9 Å². The molecule has 1 amide bonds. The Hall–Kier alpha value is -2.37. The number of benzene rings is 1. The summed E-state index contributed by atoms with van der Waals surface area (Å²) in [6.45, 7) is 6.13. The number of rotatable bonds is 6. The minimum absolute atomic E-state index is 0.0216. The second kappa shape index (κ2) is 8.34. The maximum absolute atomic E-state index is 13.1. The average molecular weight is 356 g/mol. The number of amides is 1. The molecule has 0 radical (unpaired) electrons. The third kappa shape index (κ3) is 4.06. The first-order valence-corrected chi connectivity index (χ1v) is 9.64. The van der Waals surface area contributed by atoms with E-state index in [1.807, 2.05) is 38.1 Å². The van der Waals surface area contributed by atoms with E-state index < -0.39 is 0 Å². The number of aromatic nitrogens is 2. The number of carbonyl (C=O) groups excluding carboxylic acids is 1. The van der Waals surface area contributed by atoms with Gasteiger partial charge in [-0.15, -0.1) is 0 Å². The number of piperidine rings is 1. The molecule has 0 aliphatic carbocycles. The van der Waals surface area contributed by atoms with Crippen LogP contribution in [-0.2, 0) is 11.3 Å². The number of anilines is 1. The van der Waals surface area contributed by atoms with Gasteiger partial charge < -0.3 is 14.8 Å². The van der Waals surface area contributed by atoms with Gasteiger partial charge in [0.2, 0.25) is 5.91 Å². The summed E-state index contributed by atoms with van der Waals surface area (Å²) in [5.74, 6) is 0.498. The maximum atomic E-state index is 13.1. The molecule has 1 aliphatic rings. The Kier molecular flexibility index (Phi) is 5.91. The fourth-order valence-electron chi connectivity index (χ4n) is 3.38. The fourth-order valence-corrected chi connectivity index (χ4v) is 3.38. The molecule has 1 aliphatic heterocycles. The van der Waals surface area contributed by atoms with E-state index >= 15 is 0 Å². The maximum Gasteiger partial charge on any atom is 0.294 e. The lowest BCUT2D eigenvalue weighted by Gasteiger charge is -2.28. The van der Waals surface area contributed by atoms with Gasteiger partial charge in [-0.2, -0.15) is 0 Å². The van der Waals surface area contributed by atoms with Crippen molar-refractivity contribution in [1.82, 2.24) is 14.9 Å². The van der Waals surface area contributed by atoms with E-state index in [4.69, 9.17) is 0 Å². The van der Waals surface area contributed by atoms with Crippen molar-refractivity contribution < 1.29 is 4.79 Å². The second-order valence-corrected chi connectivity index (χ2v) is 7.06. The molecule has 1 unspecified atom stereocenters. The minimum Gasteiger partial charge on any atom is -0.354 e. The average Bonchev–Trinajstić information content (AvgIpc) is 2.67. The molecule has 6 nitrogen and oxygen atoms in total. The first kappa shape index (κ1) is 18.4. The Morgan fingerprint density at radius 3 is 2.69 bits per heavy atom. The van der Waals surface area contributed by atoms with Crippen molar-refractivity contribution in [3.8, 4) is 0 Å². The Bertz CT molecular complexity index is 824. The van der Waals surface area contributed by atoms with Gasteiger partial charge in [0.15, 0.2) is 5.82 Å². The third-order valence-corrected chi connectivity index (χ3v) is 5.07. The first-order valence-electron chi connectivity index (χ1n) is 9.64. The largest absolute Gasteiger partial charge is 0.354 e. The number of carbonyl (C=O) groups is 1. The zero-order valence-electron chi connectivity index (χ0n) is 15.7. The fraction of sp³-hybridized carbons (Fsp3) is 0.550. The van der Waals surface area contributed by atoms with Gasteiger partial charge in [-0.1, -0.05) is 19.1 Å². The van der Waals surface area contributed by atoms with Crippen molar-refractivity contribution in [2.45, 2.75) is 58.5 Å². The predicted octanol–water partition coefficient (Wildman–Crippen LogP) is 2.69. The summed E-state index contributed by atoms with van der Waals surface area (Å²) in [7, 11) is 0. The van der Waals surface area contributed by atoms with E-state index in [0.717, 1.165) is 43.4 Å². The lowest BCUT2D eigenvalue weighted by atomic mass is 10.1. The highest BCUT2D eigenvalue weighted by atomic mass is 16.2. The van der Waals surface area contributed by atoms with Crippen molar-refractivity contribution in [1.29, 1.82) is 0 Å². The Balaban J connectivity index is 1.91. The normalized spacial score (nSPS) is 15.8. The van der Waals surface area contributed by atoms with Gasteiger partial charge in [0.25, 0.3) is 5.56 Å². The van der Waals surface area contributed by atoms with Crippen LogP contribution in [0.3, 0.4) is 0 Å². The molecule has 1 N–H and O–H groups in total. The number of para-hydroxylation sites is 2. The number of aryl methyl sites for hydroxylation is 1. The van der Waals surface area contributed by atoms with Gasteiger partial charge in [0.05, 0.1) is 11.0 Å².